The van der Waals surface area contributed by atoms with E-state index in [2.05, 4.69) is 0 Å². The number of nitrogens with zero attached hydrogens (tertiary/aromatic N) is 1. The molecule has 0 fully saturated rings. The van der Waals surface area contributed by atoms with Crippen LogP contribution in [0.4, 0.5) is 13.2 Å². The summed E-state index contributed by atoms with van der Waals surface area (Å²) < 4.78 is 74.7. The minimum absolute atomic E-state index is 0.0283. The molecule has 0 spiro atoms. The summed E-state index contributed by atoms with van der Waals surface area (Å²) in [7, 11) is 4.57. The lowest BCUT2D eigenvalue weighted by atomic mass is 10.1. The molecule has 40 heavy (non-hydrogen) atoms. The van der Waals surface area contributed by atoms with Crippen molar-refractivity contribution >= 4 is 11.0 Å². The second-order valence-corrected chi connectivity index (χ2v) is 9.05. The van der Waals surface area contributed by atoms with Gasteiger partial charge in [0.2, 0.25) is 11.2 Å². The number of rotatable bonds is 8. The van der Waals surface area contributed by atoms with Gasteiger partial charge in [0.1, 0.15) is 29.6 Å². The maximum Gasteiger partial charge on any atom is 0.453 e. The van der Waals surface area contributed by atoms with E-state index in [0.717, 1.165) is 5.56 Å². The quantitative estimate of drug-likeness (QED) is 0.260. The van der Waals surface area contributed by atoms with Crippen LogP contribution in [0, 0.1) is 0 Å². The Morgan fingerprint density at radius 2 is 1.62 bits per heavy atom. The molecule has 8 nitrogen and oxygen atoms in total. The van der Waals surface area contributed by atoms with Crippen molar-refractivity contribution in [3.05, 3.63) is 81.7 Å². The Kier molecular flexibility index (Phi) is 7.49. The molecular weight excluding hydrogens is 531 g/mol. The SMILES string of the molecule is COc1ccc(Oc2c(C(F)(F)F)oc3c4c(ccc3c2=O)OCN(CCc2ccc(OC)c(OC)c2)C4)cc1. The van der Waals surface area contributed by atoms with Gasteiger partial charge >= 0.3 is 6.18 Å². The zero-order valence-electron chi connectivity index (χ0n) is 22.0. The zero-order valence-corrected chi connectivity index (χ0v) is 22.0. The topological polar surface area (TPSA) is 79.6 Å². The van der Waals surface area contributed by atoms with Crippen LogP contribution < -0.4 is 29.1 Å². The van der Waals surface area contributed by atoms with Crippen LogP contribution in [0.2, 0.25) is 0 Å². The number of halogens is 3. The van der Waals surface area contributed by atoms with E-state index in [9.17, 15) is 18.0 Å². The Labute approximate surface area is 227 Å². The van der Waals surface area contributed by atoms with Gasteiger partial charge in [0.25, 0.3) is 5.76 Å². The van der Waals surface area contributed by atoms with E-state index >= 15 is 0 Å². The summed E-state index contributed by atoms with van der Waals surface area (Å²) in [5.74, 6) is -0.380. The summed E-state index contributed by atoms with van der Waals surface area (Å²) in [5, 5.41) is -0.0411. The molecule has 1 aliphatic heterocycles. The Morgan fingerprint density at radius 3 is 2.30 bits per heavy atom. The van der Waals surface area contributed by atoms with Crippen molar-refractivity contribution in [2.75, 3.05) is 34.6 Å². The molecule has 3 aromatic carbocycles. The van der Waals surface area contributed by atoms with Crippen molar-refractivity contribution in [1.82, 2.24) is 4.90 Å². The maximum absolute atomic E-state index is 14.1. The standard InChI is InChI=1S/C29H26F3NO7/c1-35-18-5-7-19(8-6-18)39-27-25(34)20-9-11-22-21(26(20)40-28(27)29(30,31)32)15-33(16-38-22)13-12-17-4-10-23(36-2)24(14-17)37-3/h4-11,14H,12-13,15-16H2,1-3H3. The fourth-order valence-electron chi connectivity index (χ4n) is 4.50. The average Bonchev–Trinajstić information content (AvgIpc) is 2.96. The third kappa shape index (κ3) is 5.37. The van der Waals surface area contributed by atoms with Crippen molar-refractivity contribution in [3.63, 3.8) is 0 Å². The second-order valence-electron chi connectivity index (χ2n) is 9.05. The predicted octanol–water partition coefficient (Wildman–Crippen LogP) is 6.02. The van der Waals surface area contributed by atoms with Gasteiger partial charge in [-0.15, -0.1) is 0 Å². The molecule has 0 bridgehead atoms. The minimum Gasteiger partial charge on any atom is -0.497 e. The monoisotopic (exact) mass is 557 g/mol. The van der Waals surface area contributed by atoms with Crippen LogP contribution in [0.3, 0.4) is 0 Å². The molecule has 0 N–H and O–H groups in total. The fraction of sp³-hybridized carbons (Fsp3) is 0.276. The molecule has 0 saturated carbocycles. The lowest BCUT2D eigenvalue weighted by molar-refractivity contribution is -0.154. The number of alkyl halides is 3. The molecule has 0 aliphatic carbocycles. The highest BCUT2D eigenvalue weighted by Gasteiger charge is 2.41. The Hall–Kier alpha value is -4.38. The van der Waals surface area contributed by atoms with E-state index in [1.807, 2.05) is 23.1 Å². The summed E-state index contributed by atoms with van der Waals surface area (Å²) in [6, 6.07) is 14.4. The Morgan fingerprint density at radius 1 is 0.900 bits per heavy atom. The second kappa shape index (κ2) is 11.0. The molecule has 210 valence electrons. The third-order valence-electron chi connectivity index (χ3n) is 6.56. The predicted molar refractivity (Wildman–Crippen MR) is 140 cm³/mol. The normalized spacial score (nSPS) is 13.4. The van der Waals surface area contributed by atoms with Crippen molar-refractivity contribution in [2.45, 2.75) is 19.1 Å². The number of hydrogen-bond donors (Lipinski definition) is 0. The molecule has 4 aromatic rings. The van der Waals surface area contributed by atoms with Crippen LogP contribution in [-0.4, -0.2) is 39.5 Å². The zero-order chi connectivity index (χ0) is 28.4. The third-order valence-corrected chi connectivity index (χ3v) is 6.56. The molecule has 0 amide bonds. The molecule has 0 saturated heterocycles. The highest BCUT2D eigenvalue weighted by molar-refractivity contribution is 5.84. The van der Waals surface area contributed by atoms with Gasteiger partial charge < -0.3 is 28.1 Å². The summed E-state index contributed by atoms with van der Waals surface area (Å²) in [5.41, 5.74) is 0.213. The molecule has 1 aliphatic rings. The number of ether oxygens (including phenoxy) is 5. The molecule has 2 heterocycles. The number of fused-ring (bicyclic) bond motifs is 3. The fourth-order valence-corrected chi connectivity index (χ4v) is 4.50. The highest BCUT2D eigenvalue weighted by Crippen LogP contribution is 2.41. The van der Waals surface area contributed by atoms with Gasteiger partial charge in [-0.2, -0.15) is 13.2 Å². The van der Waals surface area contributed by atoms with E-state index in [1.54, 1.807) is 20.3 Å². The largest absolute Gasteiger partial charge is 0.497 e. The lowest BCUT2D eigenvalue weighted by Crippen LogP contribution is -2.34. The molecule has 0 atom stereocenters. The highest BCUT2D eigenvalue weighted by atomic mass is 19.4. The molecule has 1 aromatic heterocycles. The molecule has 0 unspecified atom stereocenters. The van der Waals surface area contributed by atoms with Gasteiger partial charge in [-0.25, -0.2) is 0 Å². The number of benzene rings is 3. The van der Waals surface area contributed by atoms with Gasteiger partial charge in [0.05, 0.1) is 32.3 Å². The molecule has 5 rings (SSSR count). The Bertz CT molecular complexity index is 1580. The maximum atomic E-state index is 14.1. The van der Waals surface area contributed by atoms with E-state index in [1.165, 1.54) is 37.4 Å². The summed E-state index contributed by atoms with van der Waals surface area (Å²) in [6.45, 7) is 0.972. The van der Waals surface area contributed by atoms with Crippen LogP contribution in [-0.2, 0) is 19.1 Å². The van der Waals surface area contributed by atoms with Crippen LogP contribution >= 0.6 is 0 Å². The first-order valence-corrected chi connectivity index (χ1v) is 12.3. The molecular formula is C29H26F3NO7. The summed E-state index contributed by atoms with van der Waals surface area (Å²) in [6.07, 6.45) is -4.37. The van der Waals surface area contributed by atoms with Gasteiger partial charge in [-0.3, -0.25) is 9.69 Å². The first-order valence-electron chi connectivity index (χ1n) is 12.3. The van der Waals surface area contributed by atoms with Crippen molar-refractivity contribution in [2.24, 2.45) is 0 Å². The Balaban J connectivity index is 1.46. The van der Waals surface area contributed by atoms with E-state index < -0.39 is 23.1 Å². The van der Waals surface area contributed by atoms with Crippen LogP contribution in [0.5, 0.6) is 34.5 Å². The van der Waals surface area contributed by atoms with Crippen LogP contribution in [0.15, 0.2) is 63.8 Å². The summed E-state index contributed by atoms with van der Waals surface area (Å²) >= 11 is 0. The van der Waals surface area contributed by atoms with E-state index in [-0.39, 0.29) is 30.0 Å². The molecule has 11 heteroatoms. The smallest absolute Gasteiger partial charge is 0.453 e. The van der Waals surface area contributed by atoms with Crippen molar-refractivity contribution in [1.29, 1.82) is 0 Å². The average molecular weight is 558 g/mol. The van der Waals surface area contributed by atoms with Crippen LogP contribution in [0.1, 0.15) is 16.9 Å². The van der Waals surface area contributed by atoms with Crippen molar-refractivity contribution in [3.8, 4) is 34.5 Å². The first-order chi connectivity index (χ1) is 19.2. The van der Waals surface area contributed by atoms with E-state index in [4.69, 9.17) is 28.1 Å². The van der Waals surface area contributed by atoms with Gasteiger partial charge in [0, 0.05) is 13.1 Å². The van der Waals surface area contributed by atoms with Gasteiger partial charge in [-0.05, 0) is 60.5 Å². The number of methoxy groups -OCH3 is 3. The lowest BCUT2D eigenvalue weighted by Gasteiger charge is -2.29. The van der Waals surface area contributed by atoms with Gasteiger partial charge in [0.15, 0.2) is 11.5 Å². The van der Waals surface area contributed by atoms with Crippen LogP contribution in [0.25, 0.3) is 11.0 Å². The summed E-state index contributed by atoms with van der Waals surface area (Å²) in [4.78, 5) is 15.2. The number of hydrogen-bond acceptors (Lipinski definition) is 8. The first kappa shape index (κ1) is 27.2. The van der Waals surface area contributed by atoms with Gasteiger partial charge in [-0.1, -0.05) is 6.07 Å². The van der Waals surface area contributed by atoms with E-state index in [0.29, 0.717) is 41.5 Å². The molecule has 0 radical (unpaired) electrons. The van der Waals surface area contributed by atoms with Crippen molar-refractivity contribution < 1.29 is 41.3 Å². The minimum atomic E-state index is -4.99.